The van der Waals surface area contributed by atoms with Crippen molar-refractivity contribution in [1.29, 1.82) is 0 Å². The first-order valence-corrected chi connectivity index (χ1v) is 23.2. The van der Waals surface area contributed by atoms with Crippen molar-refractivity contribution in [3.8, 4) is 0 Å². The molecule has 0 amide bonds. The summed E-state index contributed by atoms with van der Waals surface area (Å²) < 4.78 is 32.7. The van der Waals surface area contributed by atoms with E-state index in [1.54, 1.807) is 0 Å². The number of allylic oxidation sites excluding steroid dienone is 8. The van der Waals surface area contributed by atoms with Crippen LogP contribution in [0.1, 0.15) is 187 Å². The molecule has 2 unspecified atom stereocenters. The lowest BCUT2D eigenvalue weighted by Crippen LogP contribution is -2.29. The van der Waals surface area contributed by atoms with E-state index >= 15 is 0 Å². The lowest BCUT2D eigenvalue weighted by Gasteiger charge is -2.19. The first-order valence-electron chi connectivity index (χ1n) is 21.7. The van der Waals surface area contributed by atoms with Crippen molar-refractivity contribution in [1.82, 2.24) is 0 Å². The van der Waals surface area contributed by atoms with Crippen molar-refractivity contribution in [2.24, 2.45) is 5.73 Å². The van der Waals surface area contributed by atoms with Gasteiger partial charge in [0.25, 0.3) is 0 Å². The molecule has 0 radical (unpaired) electrons. The topological polar surface area (TPSA) is 134 Å². The second-order valence-electron chi connectivity index (χ2n) is 14.3. The normalized spacial score (nSPS) is 13.8. The predicted octanol–water partition coefficient (Wildman–Crippen LogP) is 12.3. The molecule has 0 aromatic heterocycles. The van der Waals surface area contributed by atoms with Crippen LogP contribution in [0.4, 0.5) is 0 Å². The highest BCUT2D eigenvalue weighted by Gasteiger charge is 2.26. The third kappa shape index (κ3) is 39.7. The van der Waals surface area contributed by atoms with Crippen LogP contribution >= 0.6 is 7.82 Å². The van der Waals surface area contributed by atoms with Gasteiger partial charge in [0.15, 0.2) is 6.10 Å². The minimum Gasteiger partial charge on any atom is -0.462 e. The number of unbranched alkanes of at least 4 members (excludes halogenated alkanes) is 22. The van der Waals surface area contributed by atoms with Gasteiger partial charge >= 0.3 is 19.8 Å². The van der Waals surface area contributed by atoms with Gasteiger partial charge in [-0.15, -0.1) is 0 Å². The van der Waals surface area contributed by atoms with Gasteiger partial charge < -0.3 is 20.1 Å². The summed E-state index contributed by atoms with van der Waals surface area (Å²) in [6, 6.07) is 0. The molecule has 9 nitrogen and oxygen atoms in total. The molecule has 0 aromatic carbocycles. The minimum absolute atomic E-state index is 0.0459. The molecule has 0 rings (SSSR count). The average molecular weight is 782 g/mol. The molecule has 54 heavy (non-hydrogen) atoms. The summed E-state index contributed by atoms with van der Waals surface area (Å²) in [5, 5.41) is 0. The van der Waals surface area contributed by atoms with Gasteiger partial charge in [-0.1, -0.05) is 191 Å². The SMILES string of the molecule is CC/C=C/C=C/C=C/C=C/CCCCCC(=O)OC(COC(=O)CCCCCCCCCCCCCCCCCCCCCC)COP(=O)(O)OCCN. The molecule has 0 aliphatic carbocycles. The van der Waals surface area contributed by atoms with E-state index in [-0.39, 0.29) is 32.6 Å². The summed E-state index contributed by atoms with van der Waals surface area (Å²) >= 11 is 0. The van der Waals surface area contributed by atoms with E-state index in [0.717, 1.165) is 44.9 Å². The molecule has 0 aromatic rings. The van der Waals surface area contributed by atoms with Crippen LogP contribution in [0.2, 0.25) is 0 Å². The Balaban J connectivity index is 4.12. The van der Waals surface area contributed by atoms with Crippen LogP contribution in [0.25, 0.3) is 0 Å². The lowest BCUT2D eigenvalue weighted by atomic mass is 10.0. The highest BCUT2D eigenvalue weighted by molar-refractivity contribution is 7.47. The number of esters is 2. The van der Waals surface area contributed by atoms with Crippen LogP contribution in [0.15, 0.2) is 48.6 Å². The Bertz CT molecular complexity index is 1030. The maximum atomic E-state index is 12.5. The monoisotopic (exact) mass is 782 g/mol. The zero-order valence-corrected chi connectivity index (χ0v) is 35.3. The fraction of sp³-hybridized carbons (Fsp3) is 0.773. The molecule has 314 valence electrons. The van der Waals surface area contributed by atoms with Crippen LogP contribution in [0, 0.1) is 0 Å². The number of phosphoric ester groups is 1. The fourth-order valence-electron chi connectivity index (χ4n) is 5.88. The van der Waals surface area contributed by atoms with Crippen molar-refractivity contribution in [2.75, 3.05) is 26.4 Å². The third-order valence-corrected chi connectivity index (χ3v) is 10.1. The molecular weight excluding hydrogens is 701 g/mol. The summed E-state index contributed by atoms with van der Waals surface area (Å²) in [7, 11) is -4.39. The maximum absolute atomic E-state index is 12.5. The number of phosphoric acid groups is 1. The Morgan fingerprint density at radius 2 is 1.02 bits per heavy atom. The van der Waals surface area contributed by atoms with Crippen molar-refractivity contribution < 1.29 is 37.6 Å². The third-order valence-electron chi connectivity index (χ3n) is 9.07. The molecule has 0 saturated carbocycles. The smallest absolute Gasteiger partial charge is 0.462 e. The second kappa shape index (κ2) is 40.6. The van der Waals surface area contributed by atoms with E-state index in [4.69, 9.17) is 24.3 Å². The molecule has 0 aliphatic rings. The van der Waals surface area contributed by atoms with Crippen LogP contribution in [-0.2, 0) is 32.7 Å². The molecule has 0 heterocycles. The summed E-state index contributed by atoms with van der Waals surface area (Å²) in [6.45, 7) is 3.55. The van der Waals surface area contributed by atoms with Gasteiger partial charge in [0.05, 0.1) is 13.2 Å². The zero-order chi connectivity index (χ0) is 39.6. The van der Waals surface area contributed by atoms with Gasteiger partial charge in [-0.25, -0.2) is 4.57 Å². The largest absolute Gasteiger partial charge is 0.472 e. The number of hydrogen-bond acceptors (Lipinski definition) is 8. The lowest BCUT2D eigenvalue weighted by molar-refractivity contribution is -0.161. The Morgan fingerprint density at radius 3 is 1.52 bits per heavy atom. The van der Waals surface area contributed by atoms with E-state index in [0.29, 0.717) is 6.42 Å². The molecule has 2 atom stereocenters. The summed E-state index contributed by atoms with van der Waals surface area (Å²) in [6.07, 6.45) is 45.8. The van der Waals surface area contributed by atoms with E-state index in [1.165, 1.54) is 109 Å². The van der Waals surface area contributed by atoms with Crippen LogP contribution in [0.5, 0.6) is 0 Å². The molecule has 0 saturated heterocycles. The maximum Gasteiger partial charge on any atom is 0.472 e. The number of nitrogens with two attached hydrogens (primary N) is 1. The number of carbonyl (C=O) groups excluding carboxylic acids is 2. The molecule has 0 fully saturated rings. The highest BCUT2D eigenvalue weighted by atomic mass is 31.2. The molecular formula is C44H80NO8P. The highest BCUT2D eigenvalue weighted by Crippen LogP contribution is 2.43. The van der Waals surface area contributed by atoms with Gasteiger partial charge in [0.2, 0.25) is 0 Å². The van der Waals surface area contributed by atoms with Crippen molar-refractivity contribution in [3.05, 3.63) is 48.6 Å². The van der Waals surface area contributed by atoms with Gasteiger partial charge in [0.1, 0.15) is 6.61 Å². The van der Waals surface area contributed by atoms with Crippen LogP contribution in [-0.4, -0.2) is 49.3 Å². The number of hydrogen-bond donors (Lipinski definition) is 2. The van der Waals surface area contributed by atoms with Crippen molar-refractivity contribution in [3.63, 3.8) is 0 Å². The van der Waals surface area contributed by atoms with Crippen LogP contribution in [0.3, 0.4) is 0 Å². The number of rotatable bonds is 40. The number of carbonyl (C=O) groups is 2. The van der Waals surface area contributed by atoms with Gasteiger partial charge in [-0.2, -0.15) is 0 Å². The second-order valence-corrected chi connectivity index (χ2v) is 15.7. The number of ether oxygens (including phenoxy) is 2. The van der Waals surface area contributed by atoms with Crippen LogP contribution < -0.4 is 5.73 Å². The van der Waals surface area contributed by atoms with E-state index in [1.807, 2.05) is 36.5 Å². The molecule has 0 spiro atoms. The summed E-state index contributed by atoms with van der Waals surface area (Å²) in [5.74, 6) is -0.871. The van der Waals surface area contributed by atoms with E-state index in [2.05, 4.69) is 26.0 Å². The first-order chi connectivity index (χ1) is 26.3. The standard InChI is InChI=1S/C44H80NO8P/c1-3-5-7-9-11-13-15-17-18-19-20-21-22-23-25-26-28-30-32-34-36-43(46)50-40-42(41-52-54(48,49)51-39-38-45)53-44(47)37-35-33-31-29-27-24-16-14-12-10-8-6-4-2/h6,8,10,12,14,16,24,27,42H,3-5,7,9,11,13,15,17-23,25-26,28-41,45H2,1-2H3,(H,48,49)/b8-6+,12-10+,16-14+,27-24+. The predicted molar refractivity (Wildman–Crippen MR) is 224 cm³/mol. The molecule has 0 bridgehead atoms. The Morgan fingerprint density at radius 1 is 0.574 bits per heavy atom. The summed E-state index contributed by atoms with van der Waals surface area (Å²) in [4.78, 5) is 34.8. The van der Waals surface area contributed by atoms with E-state index < -0.39 is 32.5 Å². The quantitative estimate of drug-likeness (QED) is 0.0269. The Hall–Kier alpha value is -2.03. The molecule has 10 heteroatoms. The Labute approximate surface area is 330 Å². The first kappa shape index (κ1) is 52.0. The van der Waals surface area contributed by atoms with Gasteiger partial charge in [0, 0.05) is 19.4 Å². The minimum atomic E-state index is -4.39. The molecule has 3 N–H and O–H groups in total. The van der Waals surface area contributed by atoms with Crippen molar-refractivity contribution in [2.45, 2.75) is 193 Å². The van der Waals surface area contributed by atoms with Gasteiger partial charge in [-0.05, 0) is 32.1 Å². The average Bonchev–Trinajstić information content (AvgIpc) is 3.16. The van der Waals surface area contributed by atoms with Crippen molar-refractivity contribution >= 4 is 19.8 Å². The van der Waals surface area contributed by atoms with Gasteiger partial charge in [-0.3, -0.25) is 18.6 Å². The zero-order valence-electron chi connectivity index (χ0n) is 34.4. The fourth-order valence-corrected chi connectivity index (χ4v) is 6.65. The molecule has 0 aliphatic heterocycles. The summed E-state index contributed by atoms with van der Waals surface area (Å²) in [5.41, 5.74) is 5.34. The Kier molecular flexibility index (Phi) is 39.1. The van der Waals surface area contributed by atoms with E-state index in [9.17, 15) is 19.0 Å².